The van der Waals surface area contributed by atoms with Gasteiger partial charge in [-0.3, -0.25) is 9.89 Å². The molecular weight excluding hydrogens is 184 g/mol. The summed E-state index contributed by atoms with van der Waals surface area (Å²) in [6.07, 6.45) is 5.66. The Bertz CT molecular complexity index is 287. The van der Waals surface area contributed by atoms with E-state index >= 15 is 0 Å². The monoisotopic (exact) mass is 205 g/mol. The predicted octanol–water partition coefficient (Wildman–Crippen LogP) is 1.90. The van der Waals surface area contributed by atoms with Crippen molar-refractivity contribution in [3.05, 3.63) is 35.9 Å². The van der Waals surface area contributed by atoms with E-state index in [1.54, 1.807) is 0 Å². The van der Waals surface area contributed by atoms with E-state index in [-0.39, 0.29) is 0 Å². The first kappa shape index (κ1) is 11.8. The van der Waals surface area contributed by atoms with Crippen LogP contribution in [0.2, 0.25) is 0 Å². The summed E-state index contributed by atoms with van der Waals surface area (Å²) in [7, 11) is 4.05. The highest BCUT2D eigenvalue weighted by atomic mass is 15.0. The van der Waals surface area contributed by atoms with Crippen LogP contribution in [0.1, 0.15) is 18.4 Å². The summed E-state index contributed by atoms with van der Waals surface area (Å²) in [5.41, 5.74) is 1.44. The van der Waals surface area contributed by atoms with E-state index < -0.39 is 0 Å². The van der Waals surface area contributed by atoms with E-state index in [1.165, 1.54) is 24.8 Å². The maximum atomic E-state index is 3.27. The van der Waals surface area contributed by atoms with Crippen LogP contribution in [-0.2, 0) is 6.42 Å². The average Bonchev–Trinajstić information content (AvgIpc) is 2.24. The molecule has 1 aromatic rings. The molecule has 0 saturated heterocycles. The Balaban J connectivity index is 2.05. The van der Waals surface area contributed by atoms with Crippen LogP contribution in [0.25, 0.3) is 0 Å². The summed E-state index contributed by atoms with van der Waals surface area (Å²) in [6.45, 7) is 1.06. The SMILES string of the molecule is C[N+](C)=CNCCCCc1ccccc1. The minimum absolute atomic E-state index is 1.06. The van der Waals surface area contributed by atoms with E-state index in [2.05, 4.69) is 35.6 Å². The van der Waals surface area contributed by atoms with E-state index in [4.69, 9.17) is 0 Å². The molecule has 0 spiro atoms. The lowest BCUT2D eigenvalue weighted by atomic mass is 10.1. The zero-order valence-corrected chi connectivity index (χ0v) is 9.74. The average molecular weight is 205 g/mol. The molecule has 0 fully saturated rings. The number of nitrogens with one attached hydrogen (secondary N) is 1. The molecule has 0 aromatic heterocycles. The van der Waals surface area contributed by atoms with Crippen LogP contribution in [0.15, 0.2) is 30.3 Å². The third kappa shape index (κ3) is 5.89. The summed E-state index contributed by atoms with van der Waals surface area (Å²) in [6, 6.07) is 10.7. The van der Waals surface area contributed by atoms with Gasteiger partial charge >= 0.3 is 0 Å². The van der Waals surface area contributed by atoms with Crippen LogP contribution in [-0.4, -0.2) is 31.6 Å². The summed E-state index contributed by atoms with van der Waals surface area (Å²) in [5.74, 6) is 0. The van der Waals surface area contributed by atoms with Gasteiger partial charge in [-0.25, -0.2) is 0 Å². The van der Waals surface area contributed by atoms with Crippen molar-refractivity contribution >= 4 is 6.34 Å². The van der Waals surface area contributed by atoms with Crippen LogP contribution < -0.4 is 5.32 Å². The number of hydrogen-bond donors (Lipinski definition) is 1. The molecule has 0 radical (unpaired) electrons. The van der Waals surface area contributed by atoms with Crippen LogP contribution in [0.3, 0.4) is 0 Å². The largest absolute Gasteiger partial charge is 0.281 e. The van der Waals surface area contributed by atoms with Gasteiger partial charge in [0.2, 0.25) is 6.34 Å². The van der Waals surface area contributed by atoms with Gasteiger partial charge in [-0.1, -0.05) is 30.3 Å². The Morgan fingerprint density at radius 2 is 1.87 bits per heavy atom. The number of rotatable bonds is 6. The lowest BCUT2D eigenvalue weighted by Crippen LogP contribution is -2.18. The first-order valence-electron chi connectivity index (χ1n) is 5.56. The van der Waals surface area contributed by atoms with Crippen molar-refractivity contribution in [1.82, 2.24) is 5.32 Å². The second-order valence-electron chi connectivity index (χ2n) is 3.99. The van der Waals surface area contributed by atoms with Crippen LogP contribution in [0.4, 0.5) is 0 Å². The molecule has 0 aliphatic heterocycles. The summed E-state index contributed by atoms with van der Waals surface area (Å²) < 4.78 is 2.02. The Labute approximate surface area is 92.6 Å². The smallest absolute Gasteiger partial charge is 0.231 e. The number of aryl methyl sites for hydroxylation is 1. The highest BCUT2D eigenvalue weighted by molar-refractivity contribution is 5.47. The molecule has 2 nitrogen and oxygen atoms in total. The Morgan fingerprint density at radius 1 is 1.13 bits per heavy atom. The quantitative estimate of drug-likeness (QED) is 0.324. The molecule has 0 saturated carbocycles. The molecule has 0 bridgehead atoms. The van der Waals surface area contributed by atoms with Crippen molar-refractivity contribution < 1.29 is 4.58 Å². The lowest BCUT2D eigenvalue weighted by Gasteiger charge is -1.99. The predicted molar refractivity (Wildman–Crippen MR) is 65.6 cm³/mol. The van der Waals surface area contributed by atoms with Gasteiger partial charge in [0.25, 0.3) is 0 Å². The summed E-state index contributed by atoms with van der Waals surface area (Å²) in [4.78, 5) is 0. The Kier molecular flexibility index (Phi) is 5.52. The minimum Gasteiger partial charge on any atom is -0.281 e. The van der Waals surface area contributed by atoms with Crippen molar-refractivity contribution in [3.63, 3.8) is 0 Å². The molecule has 1 aromatic carbocycles. The molecule has 0 heterocycles. The molecule has 82 valence electrons. The zero-order valence-electron chi connectivity index (χ0n) is 9.74. The van der Waals surface area contributed by atoms with Gasteiger partial charge in [-0.2, -0.15) is 0 Å². The third-order valence-corrected chi connectivity index (χ3v) is 2.23. The third-order valence-electron chi connectivity index (χ3n) is 2.23. The molecule has 1 rings (SSSR count). The van der Waals surface area contributed by atoms with E-state index in [1.807, 2.05) is 25.0 Å². The Hall–Kier alpha value is -1.31. The fourth-order valence-electron chi connectivity index (χ4n) is 1.45. The standard InChI is InChI=1S/C13H20N2/c1-15(2)12-14-11-7-6-10-13-8-4-3-5-9-13/h3-5,8-9,12H,6-7,10-11H2,1-2H3/p+1. The van der Waals surface area contributed by atoms with Gasteiger partial charge in [0.15, 0.2) is 0 Å². The molecule has 0 aliphatic rings. The van der Waals surface area contributed by atoms with Crippen molar-refractivity contribution in [1.29, 1.82) is 0 Å². The van der Waals surface area contributed by atoms with Crippen LogP contribution >= 0.6 is 0 Å². The van der Waals surface area contributed by atoms with E-state index in [0.717, 1.165) is 6.54 Å². The molecule has 0 atom stereocenters. The number of hydrogen-bond acceptors (Lipinski definition) is 0. The zero-order chi connectivity index (χ0) is 10.9. The molecule has 15 heavy (non-hydrogen) atoms. The van der Waals surface area contributed by atoms with Gasteiger partial charge in [0.1, 0.15) is 0 Å². The second kappa shape index (κ2) is 7.04. The molecule has 0 unspecified atom stereocenters. The molecule has 0 amide bonds. The first-order valence-corrected chi connectivity index (χ1v) is 5.56. The Morgan fingerprint density at radius 3 is 2.53 bits per heavy atom. The van der Waals surface area contributed by atoms with Crippen LogP contribution in [0.5, 0.6) is 0 Å². The molecule has 1 N–H and O–H groups in total. The van der Waals surface area contributed by atoms with Gasteiger partial charge in [0.05, 0.1) is 20.6 Å². The van der Waals surface area contributed by atoms with Gasteiger partial charge < -0.3 is 0 Å². The first-order chi connectivity index (χ1) is 7.29. The van der Waals surface area contributed by atoms with E-state index in [0.29, 0.717) is 0 Å². The molecule has 0 aliphatic carbocycles. The van der Waals surface area contributed by atoms with Gasteiger partial charge in [-0.15, -0.1) is 0 Å². The lowest BCUT2D eigenvalue weighted by molar-refractivity contribution is -0.461. The fraction of sp³-hybridized carbons (Fsp3) is 0.462. The number of benzene rings is 1. The maximum Gasteiger partial charge on any atom is 0.231 e. The van der Waals surface area contributed by atoms with Gasteiger partial charge in [0, 0.05) is 0 Å². The van der Waals surface area contributed by atoms with Gasteiger partial charge in [-0.05, 0) is 24.8 Å². The molecular formula is C13H21N2+. The summed E-state index contributed by atoms with van der Waals surface area (Å²) >= 11 is 0. The normalized spacial score (nSPS) is 9.73. The highest BCUT2D eigenvalue weighted by Gasteiger charge is 1.93. The van der Waals surface area contributed by atoms with Crippen LogP contribution in [0, 0.1) is 0 Å². The van der Waals surface area contributed by atoms with Crippen molar-refractivity contribution in [3.8, 4) is 0 Å². The second-order valence-corrected chi connectivity index (χ2v) is 3.99. The van der Waals surface area contributed by atoms with Crippen molar-refractivity contribution in [2.75, 3.05) is 20.6 Å². The summed E-state index contributed by atoms with van der Waals surface area (Å²) in [5, 5.41) is 3.27. The number of nitrogens with zero attached hydrogens (tertiary/aromatic N) is 1. The maximum absolute atomic E-state index is 3.27. The number of unbranched alkanes of at least 4 members (excludes halogenated alkanes) is 1. The molecule has 2 heteroatoms. The van der Waals surface area contributed by atoms with Crippen molar-refractivity contribution in [2.24, 2.45) is 0 Å². The minimum atomic E-state index is 1.06. The highest BCUT2D eigenvalue weighted by Crippen LogP contribution is 2.03. The van der Waals surface area contributed by atoms with Crippen molar-refractivity contribution in [2.45, 2.75) is 19.3 Å². The van der Waals surface area contributed by atoms with E-state index in [9.17, 15) is 0 Å². The topological polar surface area (TPSA) is 15.0 Å². The fourth-order valence-corrected chi connectivity index (χ4v) is 1.45.